The second-order valence-corrected chi connectivity index (χ2v) is 4.55. The van der Waals surface area contributed by atoms with Crippen LogP contribution in [0.2, 0.25) is 0 Å². The van der Waals surface area contributed by atoms with Gasteiger partial charge in [0.05, 0.1) is 0 Å². The number of fused-ring (bicyclic) bond motifs is 5. The van der Waals surface area contributed by atoms with Crippen LogP contribution in [0, 0.1) is 0 Å². The van der Waals surface area contributed by atoms with E-state index in [2.05, 4.69) is 36.4 Å². The maximum absolute atomic E-state index is 5.89. The molecule has 0 saturated heterocycles. The van der Waals surface area contributed by atoms with Crippen molar-refractivity contribution in [3.63, 3.8) is 0 Å². The van der Waals surface area contributed by atoms with Crippen LogP contribution in [0.15, 0.2) is 46.9 Å². The van der Waals surface area contributed by atoms with Crippen molar-refractivity contribution >= 4 is 28.0 Å². The molecule has 0 amide bonds. The molecule has 1 aromatic heterocycles. The van der Waals surface area contributed by atoms with Crippen LogP contribution in [-0.2, 0) is 6.42 Å². The Morgan fingerprint density at radius 3 is 2.88 bits per heavy atom. The zero-order valence-electron chi connectivity index (χ0n) is 9.44. The Morgan fingerprint density at radius 2 is 1.88 bits per heavy atom. The Kier molecular flexibility index (Phi) is 1.72. The van der Waals surface area contributed by atoms with Crippen molar-refractivity contribution in [2.24, 2.45) is 0 Å². The van der Waals surface area contributed by atoms with Gasteiger partial charge in [0.1, 0.15) is 11.2 Å². The summed E-state index contributed by atoms with van der Waals surface area (Å²) in [4.78, 5) is 0. The first kappa shape index (κ1) is 9.06. The molecule has 0 saturated carbocycles. The lowest BCUT2D eigenvalue weighted by Crippen LogP contribution is -1.94. The van der Waals surface area contributed by atoms with Gasteiger partial charge in [-0.1, -0.05) is 36.4 Å². The number of hydrogen-bond acceptors (Lipinski definition) is 1. The van der Waals surface area contributed by atoms with Crippen LogP contribution < -0.4 is 0 Å². The van der Waals surface area contributed by atoms with Gasteiger partial charge in [-0.25, -0.2) is 0 Å². The minimum atomic E-state index is 0.991. The van der Waals surface area contributed by atoms with Crippen LogP contribution in [0.5, 0.6) is 0 Å². The first-order chi connectivity index (χ1) is 8.43. The molecular formula is C16H12O. The lowest BCUT2D eigenvalue weighted by molar-refractivity contribution is 0.668. The van der Waals surface area contributed by atoms with Gasteiger partial charge in [0.25, 0.3) is 0 Å². The van der Waals surface area contributed by atoms with Crippen molar-refractivity contribution < 1.29 is 4.42 Å². The molecular weight excluding hydrogens is 208 g/mol. The quantitative estimate of drug-likeness (QED) is 0.542. The van der Waals surface area contributed by atoms with E-state index in [1.165, 1.54) is 21.9 Å². The van der Waals surface area contributed by atoms with Gasteiger partial charge < -0.3 is 4.42 Å². The summed E-state index contributed by atoms with van der Waals surface area (Å²) in [5, 5.41) is 2.55. The maximum atomic E-state index is 5.89. The number of allylic oxidation sites excluding steroid dienone is 1. The standard InChI is InChI=1S/C16H12O/c1-2-6-12-11(5-1)9-10-15-16(12)13-7-3-4-8-14(13)17-15/h1,3-5,7-10H,2,6H2. The Bertz CT molecular complexity index is 747. The van der Waals surface area contributed by atoms with E-state index in [-0.39, 0.29) is 0 Å². The smallest absolute Gasteiger partial charge is 0.135 e. The fourth-order valence-corrected chi connectivity index (χ4v) is 2.77. The molecule has 0 unspecified atom stereocenters. The SMILES string of the molecule is C1=Cc2ccc3oc4ccccc4c3c2CC1. The number of aryl methyl sites for hydroxylation is 1. The molecule has 1 heterocycles. The molecule has 2 aromatic carbocycles. The van der Waals surface area contributed by atoms with Crippen LogP contribution in [-0.4, -0.2) is 0 Å². The van der Waals surface area contributed by atoms with E-state index in [4.69, 9.17) is 4.42 Å². The fourth-order valence-electron chi connectivity index (χ4n) is 2.77. The number of furan rings is 1. The fraction of sp³-hybridized carbons (Fsp3) is 0.125. The monoisotopic (exact) mass is 220 g/mol. The van der Waals surface area contributed by atoms with E-state index in [1.54, 1.807) is 0 Å². The first-order valence-corrected chi connectivity index (χ1v) is 6.03. The topological polar surface area (TPSA) is 13.1 Å². The van der Waals surface area contributed by atoms with Crippen molar-refractivity contribution in [1.29, 1.82) is 0 Å². The highest BCUT2D eigenvalue weighted by atomic mass is 16.3. The molecule has 0 atom stereocenters. The predicted molar refractivity (Wildman–Crippen MR) is 71.1 cm³/mol. The van der Waals surface area contributed by atoms with Gasteiger partial charge in [-0.15, -0.1) is 0 Å². The zero-order valence-corrected chi connectivity index (χ0v) is 9.44. The van der Waals surface area contributed by atoms with Crippen molar-refractivity contribution in [2.75, 3.05) is 0 Å². The summed E-state index contributed by atoms with van der Waals surface area (Å²) < 4.78 is 5.89. The van der Waals surface area contributed by atoms with Crippen LogP contribution in [0.3, 0.4) is 0 Å². The molecule has 0 aliphatic heterocycles. The number of para-hydroxylation sites is 1. The minimum Gasteiger partial charge on any atom is -0.456 e. The molecule has 0 radical (unpaired) electrons. The lowest BCUT2D eigenvalue weighted by atomic mass is 9.93. The molecule has 3 aromatic rings. The molecule has 4 rings (SSSR count). The third-order valence-electron chi connectivity index (χ3n) is 3.55. The van der Waals surface area contributed by atoms with Gasteiger partial charge in [-0.3, -0.25) is 0 Å². The van der Waals surface area contributed by atoms with Gasteiger partial charge in [0.15, 0.2) is 0 Å². The molecule has 0 spiro atoms. The molecule has 0 fully saturated rings. The predicted octanol–water partition coefficient (Wildman–Crippen LogP) is 4.55. The number of rotatable bonds is 0. The minimum absolute atomic E-state index is 0.991. The van der Waals surface area contributed by atoms with Crippen LogP contribution >= 0.6 is 0 Å². The molecule has 0 bridgehead atoms. The molecule has 1 aliphatic rings. The van der Waals surface area contributed by atoms with Gasteiger partial charge in [-0.05, 0) is 36.1 Å². The normalized spacial score (nSPS) is 14.4. The summed E-state index contributed by atoms with van der Waals surface area (Å²) >= 11 is 0. The number of benzene rings is 2. The van der Waals surface area contributed by atoms with E-state index in [1.807, 2.05) is 12.1 Å². The molecule has 17 heavy (non-hydrogen) atoms. The van der Waals surface area contributed by atoms with Gasteiger partial charge in [-0.2, -0.15) is 0 Å². The Morgan fingerprint density at radius 1 is 0.941 bits per heavy atom. The van der Waals surface area contributed by atoms with Crippen molar-refractivity contribution in [3.8, 4) is 0 Å². The van der Waals surface area contributed by atoms with E-state index in [9.17, 15) is 0 Å². The highest BCUT2D eigenvalue weighted by molar-refractivity contribution is 6.07. The second kappa shape index (κ2) is 3.24. The van der Waals surface area contributed by atoms with Crippen molar-refractivity contribution in [3.05, 3.63) is 53.6 Å². The van der Waals surface area contributed by atoms with E-state index >= 15 is 0 Å². The summed E-state index contributed by atoms with van der Waals surface area (Å²) in [6.45, 7) is 0. The van der Waals surface area contributed by atoms with E-state index in [0.717, 1.165) is 24.0 Å². The Balaban J connectivity index is 2.24. The highest BCUT2D eigenvalue weighted by Gasteiger charge is 2.14. The van der Waals surface area contributed by atoms with E-state index < -0.39 is 0 Å². The second-order valence-electron chi connectivity index (χ2n) is 4.55. The van der Waals surface area contributed by atoms with Gasteiger partial charge >= 0.3 is 0 Å². The largest absolute Gasteiger partial charge is 0.456 e. The van der Waals surface area contributed by atoms with Gasteiger partial charge in [0, 0.05) is 10.8 Å². The average Bonchev–Trinajstić information content (AvgIpc) is 2.77. The summed E-state index contributed by atoms with van der Waals surface area (Å²) in [5.41, 5.74) is 4.79. The van der Waals surface area contributed by atoms with Crippen LogP contribution in [0.4, 0.5) is 0 Å². The average molecular weight is 220 g/mol. The maximum Gasteiger partial charge on any atom is 0.135 e. The Labute approximate surface area is 99.4 Å². The number of hydrogen-bond donors (Lipinski definition) is 0. The third kappa shape index (κ3) is 1.19. The zero-order chi connectivity index (χ0) is 11.2. The summed E-state index contributed by atoms with van der Waals surface area (Å²) in [5.74, 6) is 0. The third-order valence-corrected chi connectivity index (χ3v) is 3.55. The van der Waals surface area contributed by atoms with Crippen molar-refractivity contribution in [1.82, 2.24) is 0 Å². The van der Waals surface area contributed by atoms with Crippen LogP contribution in [0.25, 0.3) is 28.0 Å². The lowest BCUT2D eigenvalue weighted by Gasteiger charge is -2.10. The Hall–Kier alpha value is -2.02. The van der Waals surface area contributed by atoms with Crippen LogP contribution in [0.1, 0.15) is 17.5 Å². The summed E-state index contributed by atoms with van der Waals surface area (Å²) in [6, 6.07) is 12.5. The summed E-state index contributed by atoms with van der Waals surface area (Å²) in [7, 11) is 0. The molecule has 0 N–H and O–H groups in total. The van der Waals surface area contributed by atoms with E-state index in [0.29, 0.717) is 0 Å². The first-order valence-electron chi connectivity index (χ1n) is 6.03. The molecule has 1 aliphatic carbocycles. The molecule has 1 heteroatoms. The van der Waals surface area contributed by atoms with Gasteiger partial charge in [0.2, 0.25) is 0 Å². The summed E-state index contributed by atoms with van der Waals surface area (Å²) in [6.07, 6.45) is 6.72. The molecule has 82 valence electrons. The molecule has 1 nitrogen and oxygen atoms in total. The van der Waals surface area contributed by atoms with Crippen molar-refractivity contribution in [2.45, 2.75) is 12.8 Å². The highest BCUT2D eigenvalue weighted by Crippen LogP contribution is 2.35.